The smallest absolute Gasteiger partial charge is 0.345 e. The monoisotopic (exact) mass is 439 g/mol. The van der Waals surface area contributed by atoms with Crippen molar-refractivity contribution < 1.29 is 9.15 Å². The van der Waals surface area contributed by atoms with Crippen LogP contribution in [-0.2, 0) is 0 Å². The molecule has 0 radical (unpaired) electrons. The van der Waals surface area contributed by atoms with Crippen LogP contribution in [0, 0.1) is 6.92 Å². The van der Waals surface area contributed by atoms with Crippen LogP contribution >= 0.6 is 11.3 Å². The van der Waals surface area contributed by atoms with Crippen LogP contribution < -0.4 is 10.4 Å². The summed E-state index contributed by atoms with van der Waals surface area (Å²) in [4.78, 5) is 18.9. The van der Waals surface area contributed by atoms with Crippen LogP contribution in [0.15, 0.2) is 88.1 Å². The van der Waals surface area contributed by atoms with E-state index in [-0.39, 0.29) is 0 Å². The second-order valence-electron chi connectivity index (χ2n) is 7.51. The third kappa shape index (κ3) is 3.83. The Labute approximate surface area is 189 Å². The van der Waals surface area contributed by atoms with Gasteiger partial charge in [0.1, 0.15) is 16.3 Å². The second kappa shape index (κ2) is 8.44. The predicted molar refractivity (Wildman–Crippen MR) is 130 cm³/mol. The summed E-state index contributed by atoms with van der Waals surface area (Å²) in [7, 11) is 0. The van der Waals surface area contributed by atoms with E-state index >= 15 is 0 Å². The summed E-state index contributed by atoms with van der Waals surface area (Å²) in [6, 6.07) is 25.7. The SMILES string of the molecule is CCOc1ccc2cc(-c3nc(-c4ccccc4)sc3-c3ccc(C)cc3)c(=O)oc2c1. The lowest BCUT2D eigenvalue weighted by Crippen LogP contribution is -2.04. The predicted octanol–water partition coefficient (Wildman–Crippen LogP) is 6.96. The molecule has 2 aromatic heterocycles. The Bertz CT molecular complexity index is 1450. The van der Waals surface area contributed by atoms with Crippen molar-refractivity contribution in [2.75, 3.05) is 6.61 Å². The Balaban J connectivity index is 1.71. The van der Waals surface area contributed by atoms with Gasteiger partial charge in [-0.15, -0.1) is 11.3 Å². The van der Waals surface area contributed by atoms with Gasteiger partial charge in [-0.3, -0.25) is 0 Å². The van der Waals surface area contributed by atoms with Gasteiger partial charge in [0, 0.05) is 17.0 Å². The molecule has 0 atom stereocenters. The number of hydrogen-bond acceptors (Lipinski definition) is 5. The van der Waals surface area contributed by atoms with Crippen molar-refractivity contribution in [2.24, 2.45) is 0 Å². The van der Waals surface area contributed by atoms with Crippen LogP contribution in [0.1, 0.15) is 12.5 Å². The molecule has 0 aliphatic carbocycles. The Morgan fingerprint density at radius 2 is 1.72 bits per heavy atom. The molecular formula is C27H21NO3S. The molecule has 158 valence electrons. The zero-order valence-corrected chi connectivity index (χ0v) is 18.6. The molecule has 0 N–H and O–H groups in total. The highest BCUT2D eigenvalue weighted by molar-refractivity contribution is 7.19. The molecular weight excluding hydrogens is 418 g/mol. The van der Waals surface area contributed by atoms with Crippen molar-refractivity contribution in [1.29, 1.82) is 0 Å². The summed E-state index contributed by atoms with van der Waals surface area (Å²) >= 11 is 1.58. The molecule has 3 aromatic carbocycles. The normalized spacial score (nSPS) is 11.1. The Morgan fingerprint density at radius 1 is 0.938 bits per heavy atom. The van der Waals surface area contributed by atoms with E-state index in [9.17, 15) is 4.79 Å². The van der Waals surface area contributed by atoms with Gasteiger partial charge in [-0.1, -0.05) is 60.2 Å². The van der Waals surface area contributed by atoms with E-state index in [0.717, 1.165) is 26.4 Å². The molecule has 0 bridgehead atoms. The fraction of sp³-hybridized carbons (Fsp3) is 0.111. The first-order valence-electron chi connectivity index (χ1n) is 10.5. The van der Waals surface area contributed by atoms with Crippen LogP contribution in [0.25, 0.3) is 43.2 Å². The van der Waals surface area contributed by atoms with Gasteiger partial charge in [-0.2, -0.15) is 0 Å². The summed E-state index contributed by atoms with van der Waals surface area (Å²) < 4.78 is 11.2. The molecule has 4 nitrogen and oxygen atoms in total. The highest BCUT2D eigenvalue weighted by Crippen LogP contribution is 2.40. The molecule has 5 aromatic rings. The van der Waals surface area contributed by atoms with E-state index < -0.39 is 5.63 Å². The number of rotatable bonds is 5. The van der Waals surface area contributed by atoms with Gasteiger partial charge in [0.05, 0.1) is 22.7 Å². The average Bonchev–Trinajstić information content (AvgIpc) is 3.25. The van der Waals surface area contributed by atoms with E-state index in [2.05, 4.69) is 31.2 Å². The Kier molecular flexibility index (Phi) is 5.33. The zero-order valence-electron chi connectivity index (χ0n) is 17.8. The topological polar surface area (TPSA) is 52.3 Å². The molecule has 0 spiro atoms. The van der Waals surface area contributed by atoms with Crippen LogP contribution in [0.5, 0.6) is 5.75 Å². The minimum atomic E-state index is -0.413. The van der Waals surface area contributed by atoms with Crippen LogP contribution in [0.4, 0.5) is 0 Å². The van der Waals surface area contributed by atoms with Crippen molar-refractivity contribution in [2.45, 2.75) is 13.8 Å². The molecule has 0 aliphatic heterocycles. The number of ether oxygens (including phenoxy) is 1. The van der Waals surface area contributed by atoms with Gasteiger partial charge in [0.25, 0.3) is 0 Å². The lowest BCUT2D eigenvalue weighted by Gasteiger charge is -2.06. The largest absolute Gasteiger partial charge is 0.494 e. The minimum absolute atomic E-state index is 0.413. The van der Waals surface area contributed by atoms with Crippen LogP contribution in [0.3, 0.4) is 0 Å². The lowest BCUT2D eigenvalue weighted by atomic mass is 10.1. The van der Waals surface area contributed by atoms with Crippen molar-refractivity contribution >= 4 is 22.3 Å². The number of benzene rings is 3. The van der Waals surface area contributed by atoms with E-state index in [1.165, 1.54) is 5.56 Å². The summed E-state index contributed by atoms with van der Waals surface area (Å²) in [5.41, 5.74) is 4.40. The van der Waals surface area contributed by atoms with E-state index in [4.69, 9.17) is 14.1 Å². The first kappa shape index (κ1) is 20.2. The number of hydrogen-bond donors (Lipinski definition) is 0. The lowest BCUT2D eigenvalue weighted by molar-refractivity contribution is 0.340. The van der Waals surface area contributed by atoms with Crippen molar-refractivity contribution in [3.8, 4) is 38.0 Å². The minimum Gasteiger partial charge on any atom is -0.494 e. The number of fused-ring (bicyclic) bond motifs is 1. The summed E-state index contributed by atoms with van der Waals surface area (Å²) in [5, 5.41) is 1.69. The van der Waals surface area contributed by atoms with Crippen molar-refractivity contribution in [3.05, 3.63) is 94.8 Å². The molecule has 0 unspecified atom stereocenters. The highest BCUT2D eigenvalue weighted by Gasteiger charge is 2.20. The number of thiazole rings is 1. The summed E-state index contributed by atoms with van der Waals surface area (Å²) in [5.74, 6) is 0.677. The second-order valence-corrected chi connectivity index (χ2v) is 8.51. The van der Waals surface area contributed by atoms with E-state index in [1.54, 1.807) is 17.4 Å². The standard InChI is InChI=1S/C27H21NO3S/c1-3-30-21-14-13-20-15-22(27(29)31-23(20)16-21)24-25(18-11-9-17(2)10-12-18)32-26(28-24)19-7-5-4-6-8-19/h4-16H,3H2,1-2H3. The fourth-order valence-corrected chi connectivity index (χ4v) is 4.71. The average molecular weight is 440 g/mol. The van der Waals surface area contributed by atoms with Crippen LogP contribution in [0.2, 0.25) is 0 Å². The number of aryl methyl sites for hydroxylation is 1. The van der Waals surface area contributed by atoms with Gasteiger partial charge in [0.15, 0.2) is 0 Å². The molecule has 0 amide bonds. The number of aromatic nitrogens is 1. The maximum absolute atomic E-state index is 13.0. The molecule has 0 saturated carbocycles. The maximum Gasteiger partial charge on any atom is 0.345 e. The third-order valence-electron chi connectivity index (χ3n) is 5.24. The van der Waals surface area contributed by atoms with Gasteiger partial charge >= 0.3 is 5.63 Å². The zero-order chi connectivity index (χ0) is 22.1. The first-order valence-corrected chi connectivity index (χ1v) is 11.3. The van der Waals surface area contributed by atoms with Gasteiger partial charge in [0.2, 0.25) is 0 Å². The van der Waals surface area contributed by atoms with E-state index in [0.29, 0.717) is 29.2 Å². The van der Waals surface area contributed by atoms with E-state index in [1.807, 2.05) is 55.5 Å². The van der Waals surface area contributed by atoms with Gasteiger partial charge in [-0.25, -0.2) is 9.78 Å². The molecule has 0 aliphatic rings. The maximum atomic E-state index is 13.0. The molecule has 5 heteroatoms. The molecule has 32 heavy (non-hydrogen) atoms. The van der Waals surface area contributed by atoms with Gasteiger partial charge < -0.3 is 9.15 Å². The highest BCUT2D eigenvalue weighted by atomic mass is 32.1. The van der Waals surface area contributed by atoms with Crippen molar-refractivity contribution in [3.63, 3.8) is 0 Å². The number of nitrogens with zero attached hydrogens (tertiary/aromatic N) is 1. The third-order valence-corrected chi connectivity index (χ3v) is 6.39. The van der Waals surface area contributed by atoms with Crippen LogP contribution in [-0.4, -0.2) is 11.6 Å². The first-order chi connectivity index (χ1) is 15.6. The van der Waals surface area contributed by atoms with Gasteiger partial charge in [-0.05, 0) is 37.6 Å². The molecule has 5 rings (SSSR count). The Hall–Kier alpha value is -3.70. The molecule has 0 fully saturated rings. The molecule has 2 heterocycles. The Morgan fingerprint density at radius 3 is 2.47 bits per heavy atom. The fourth-order valence-electron chi connectivity index (χ4n) is 3.62. The van der Waals surface area contributed by atoms with Crippen molar-refractivity contribution in [1.82, 2.24) is 4.98 Å². The summed E-state index contributed by atoms with van der Waals surface area (Å²) in [6.45, 7) is 4.53. The molecule has 0 saturated heterocycles. The quantitative estimate of drug-likeness (QED) is 0.278. The summed E-state index contributed by atoms with van der Waals surface area (Å²) in [6.07, 6.45) is 0.